The van der Waals surface area contributed by atoms with Crippen LogP contribution < -0.4 is 4.74 Å². The molecule has 0 aliphatic heterocycles. The Morgan fingerprint density at radius 1 is 1.18 bits per heavy atom. The van der Waals surface area contributed by atoms with E-state index in [1.54, 1.807) is 11.3 Å². The molecule has 1 aliphatic rings. The number of aliphatic imine (C=N–C) groups is 1. The van der Waals surface area contributed by atoms with Gasteiger partial charge >= 0.3 is 0 Å². The first kappa shape index (κ1) is 24.7. The van der Waals surface area contributed by atoms with Crippen LogP contribution in [0.5, 0.6) is 5.75 Å². The van der Waals surface area contributed by atoms with Crippen molar-refractivity contribution in [2.24, 2.45) is 16.3 Å². The lowest BCUT2D eigenvalue weighted by molar-refractivity contribution is 0.218. The third-order valence-corrected chi connectivity index (χ3v) is 8.93. The number of thiophene rings is 1. The predicted octanol–water partition coefficient (Wildman–Crippen LogP) is 8.31. The van der Waals surface area contributed by atoms with E-state index in [9.17, 15) is 5.26 Å². The van der Waals surface area contributed by atoms with Gasteiger partial charge in [-0.2, -0.15) is 5.26 Å². The van der Waals surface area contributed by atoms with Crippen LogP contribution in [0.1, 0.15) is 54.3 Å². The van der Waals surface area contributed by atoms with Crippen molar-refractivity contribution in [3.05, 3.63) is 76.7 Å². The maximum absolute atomic E-state index is 9.83. The number of nitrogens with zero attached hydrogens (tertiary/aromatic N) is 2. The first-order valence-electron chi connectivity index (χ1n) is 11.0. The molecule has 2 aromatic carbocycles. The number of rotatable bonds is 5. The molecule has 1 heterocycles. The van der Waals surface area contributed by atoms with Gasteiger partial charge in [-0.3, -0.25) is 0 Å². The van der Waals surface area contributed by atoms with E-state index in [4.69, 9.17) is 9.73 Å². The molecule has 0 spiro atoms. The van der Waals surface area contributed by atoms with Crippen LogP contribution in [0.3, 0.4) is 0 Å². The highest BCUT2D eigenvalue weighted by Crippen LogP contribution is 2.45. The quantitative estimate of drug-likeness (QED) is 0.201. The van der Waals surface area contributed by atoms with E-state index in [1.807, 2.05) is 24.4 Å². The summed E-state index contributed by atoms with van der Waals surface area (Å²) in [4.78, 5) is 6.11. The molecule has 4 rings (SSSR count). The molecule has 1 aromatic heterocycles. The van der Waals surface area contributed by atoms with Crippen molar-refractivity contribution in [2.45, 2.75) is 46.6 Å². The standard InChI is InChI=1S/C27H26I2N2OS/c1-27(2,3)19-9-10-20-21(14-30)26(33-24(20)13-19)31-15-18-11-22(28)25(23(29)12-18)32-16-17-7-5-4-6-8-17/h4-8,11-12,15,19H,9-10,13,16H2,1-3H3/t19-/m1/s1. The third-order valence-electron chi connectivity index (χ3n) is 6.16. The van der Waals surface area contributed by atoms with Crippen LogP contribution in [-0.2, 0) is 19.4 Å². The average molecular weight is 680 g/mol. The second-order valence-electron chi connectivity index (χ2n) is 9.45. The van der Waals surface area contributed by atoms with E-state index in [0.29, 0.717) is 12.5 Å². The van der Waals surface area contributed by atoms with Crippen LogP contribution in [0.2, 0.25) is 0 Å². The second kappa shape index (κ2) is 10.4. The Balaban J connectivity index is 1.54. The summed E-state index contributed by atoms with van der Waals surface area (Å²) >= 11 is 6.34. The van der Waals surface area contributed by atoms with Gasteiger partial charge < -0.3 is 4.74 Å². The number of hydrogen-bond acceptors (Lipinski definition) is 4. The molecule has 170 valence electrons. The molecule has 3 aromatic rings. The predicted molar refractivity (Wildman–Crippen MR) is 154 cm³/mol. The Morgan fingerprint density at radius 3 is 2.52 bits per heavy atom. The lowest BCUT2D eigenvalue weighted by Gasteiger charge is -2.33. The molecule has 0 unspecified atom stereocenters. The van der Waals surface area contributed by atoms with Crippen LogP contribution >= 0.6 is 56.5 Å². The largest absolute Gasteiger partial charge is 0.487 e. The smallest absolute Gasteiger partial charge is 0.146 e. The summed E-state index contributed by atoms with van der Waals surface area (Å²) in [6.07, 6.45) is 5.06. The van der Waals surface area contributed by atoms with Crippen molar-refractivity contribution in [2.75, 3.05) is 0 Å². The molecule has 0 saturated carbocycles. The zero-order valence-corrected chi connectivity index (χ0v) is 24.1. The molecule has 0 saturated heterocycles. The third kappa shape index (κ3) is 5.80. The van der Waals surface area contributed by atoms with Crippen molar-refractivity contribution in [1.29, 1.82) is 5.26 Å². The fraction of sp³-hybridized carbons (Fsp3) is 0.333. The Bertz CT molecular complexity index is 1200. The fourth-order valence-electron chi connectivity index (χ4n) is 4.17. The van der Waals surface area contributed by atoms with Gasteiger partial charge in [0.05, 0.1) is 12.7 Å². The molecule has 0 radical (unpaired) electrons. The van der Waals surface area contributed by atoms with Gasteiger partial charge in [0.15, 0.2) is 0 Å². The van der Waals surface area contributed by atoms with Gasteiger partial charge in [0.1, 0.15) is 23.4 Å². The van der Waals surface area contributed by atoms with Crippen LogP contribution in [0.4, 0.5) is 5.00 Å². The van der Waals surface area contributed by atoms with E-state index in [-0.39, 0.29) is 5.41 Å². The van der Waals surface area contributed by atoms with Crippen molar-refractivity contribution < 1.29 is 4.74 Å². The van der Waals surface area contributed by atoms with Gasteiger partial charge in [-0.05, 0) is 105 Å². The van der Waals surface area contributed by atoms with E-state index in [1.165, 1.54) is 10.4 Å². The van der Waals surface area contributed by atoms with Crippen molar-refractivity contribution in [1.82, 2.24) is 0 Å². The molecule has 0 N–H and O–H groups in total. The maximum Gasteiger partial charge on any atom is 0.146 e. The molecular formula is C27H26I2N2OS. The summed E-state index contributed by atoms with van der Waals surface area (Å²) in [6.45, 7) is 7.49. The van der Waals surface area contributed by atoms with Crippen LogP contribution in [0.15, 0.2) is 47.5 Å². The number of halogens is 2. The first-order valence-corrected chi connectivity index (χ1v) is 14.0. The number of nitriles is 1. The summed E-state index contributed by atoms with van der Waals surface area (Å²) in [7, 11) is 0. The summed E-state index contributed by atoms with van der Waals surface area (Å²) in [5, 5.41) is 10.7. The van der Waals surface area contributed by atoms with Gasteiger partial charge in [-0.25, -0.2) is 4.99 Å². The highest BCUT2D eigenvalue weighted by Gasteiger charge is 2.32. The Labute approximate surface area is 227 Å². The molecule has 3 nitrogen and oxygen atoms in total. The zero-order valence-electron chi connectivity index (χ0n) is 19.0. The Kier molecular flexibility index (Phi) is 7.81. The molecular weight excluding hydrogens is 654 g/mol. The molecule has 6 heteroatoms. The van der Waals surface area contributed by atoms with Crippen molar-refractivity contribution >= 4 is 67.7 Å². The van der Waals surface area contributed by atoms with Gasteiger partial charge in [-0.1, -0.05) is 51.1 Å². The van der Waals surface area contributed by atoms with Gasteiger partial charge in [-0.15, -0.1) is 11.3 Å². The van der Waals surface area contributed by atoms with E-state index < -0.39 is 0 Å². The SMILES string of the molecule is CC(C)(C)[C@@H]1CCc2c(sc(N=Cc3cc(I)c(OCc4ccccc4)c(I)c3)c2C#N)C1. The van der Waals surface area contributed by atoms with E-state index >= 15 is 0 Å². The molecule has 1 atom stereocenters. The summed E-state index contributed by atoms with van der Waals surface area (Å²) in [5.74, 6) is 1.55. The summed E-state index contributed by atoms with van der Waals surface area (Å²) in [5.41, 5.74) is 4.44. The lowest BCUT2D eigenvalue weighted by atomic mass is 9.72. The minimum atomic E-state index is 0.287. The minimum absolute atomic E-state index is 0.287. The Hall–Kier alpha value is -1.44. The number of hydrogen-bond donors (Lipinski definition) is 0. The highest BCUT2D eigenvalue weighted by molar-refractivity contribution is 14.1. The molecule has 1 aliphatic carbocycles. The zero-order chi connectivity index (χ0) is 23.6. The van der Waals surface area contributed by atoms with E-state index in [2.05, 4.69) is 96.3 Å². The topological polar surface area (TPSA) is 45.4 Å². The summed E-state index contributed by atoms with van der Waals surface area (Å²) < 4.78 is 8.20. The van der Waals surface area contributed by atoms with Gasteiger partial charge in [0.2, 0.25) is 0 Å². The Morgan fingerprint density at radius 2 is 1.88 bits per heavy atom. The average Bonchev–Trinajstić information content (AvgIpc) is 3.14. The van der Waals surface area contributed by atoms with Crippen LogP contribution in [-0.4, -0.2) is 6.21 Å². The van der Waals surface area contributed by atoms with E-state index in [0.717, 1.165) is 53.8 Å². The molecule has 0 bridgehead atoms. The van der Waals surface area contributed by atoms with Crippen LogP contribution in [0.25, 0.3) is 0 Å². The fourth-order valence-corrected chi connectivity index (χ4v) is 7.52. The maximum atomic E-state index is 9.83. The molecule has 0 fully saturated rings. The second-order valence-corrected chi connectivity index (χ2v) is 12.9. The normalized spacial score (nSPS) is 15.9. The van der Waals surface area contributed by atoms with Crippen molar-refractivity contribution in [3.63, 3.8) is 0 Å². The molecule has 0 amide bonds. The number of benzene rings is 2. The van der Waals surface area contributed by atoms with Gasteiger partial charge in [0, 0.05) is 11.1 Å². The summed E-state index contributed by atoms with van der Waals surface area (Å²) in [6, 6.07) is 16.8. The minimum Gasteiger partial charge on any atom is -0.487 e. The number of ether oxygens (including phenoxy) is 1. The number of fused-ring (bicyclic) bond motifs is 1. The highest BCUT2D eigenvalue weighted by atomic mass is 127. The first-order chi connectivity index (χ1) is 15.8. The van der Waals surface area contributed by atoms with Crippen LogP contribution in [0, 0.1) is 29.8 Å². The monoisotopic (exact) mass is 680 g/mol. The lowest BCUT2D eigenvalue weighted by Crippen LogP contribution is -2.26. The molecule has 33 heavy (non-hydrogen) atoms. The van der Waals surface area contributed by atoms with Crippen molar-refractivity contribution in [3.8, 4) is 11.8 Å². The van der Waals surface area contributed by atoms with Gasteiger partial charge in [0.25, 0.3) is 0 Å².